The van der Waals surface area contributed by atoms with Gasteiger partial charge in [0, 0.05) is 42.5 Å². The van der Waals surface area contributed by atoms with Gasteiger partial charge in [0.15, 0.2) is 0 Å². The molecule has 0 unspecified atom stereocenters. The van der Waals surface area contributed by atoms with Crippen LogP contribution >= 0.6 is 0 Å². The fraction of sp³-hybridized carbons (Fsp3) is 0.219. The molecule has 0 spiro atoms. The van der Waals surface area contributed by atoms with Crippen molar-refractivity contribution in [1.82, 2.24) is 4.90 Å². The van der Waals surface area contributed by atoms with Crippen LogP contribution in [0.4, 0.5) is 16.2 Å². The van der Waals surface area contributed by atoms with Crippen molar-refractivity contribution in [2.75, 3.05) is 23.3 Å². The smallest absolute Gasteiger partial charge is 0.308 e. The second-order valence-electron chi connectivity index (χ2n) is 9.78. The molecule has 2 heterocycles. The minimum absolute atomic E-state index is 0.0721. The minimum Gasteiger partial charge on any atom is -0.308 e. The summed E-state index contributed by atoms with van der Waals surface area (Å²) in [5, 5.41) is 3.13. The number of hydrogen-bond donors (Lipinski definition) is 1. The quantitative estimate of drug-likeness (QED) is 0.344. The van der Waals surface area contributed by atoms with E-state index in [4.69, 9.17) is 0 Å². The molecule has 1 N–H and O–H groups in total. The zero-order valence-corrected chi connectivity index (χ0v) is 20.3. The van der Waals surface area contributed by atoms with Gasteiger partial charge in [0.1, 0.15) is 0 Å². The number of amides is 2. The minimum atomic E-state index is -0.0721. The van der Waals surface area contributed by atoms with Crippen LogP contribution in [0.2, 0.25) is 0 Å². The predicted octanol–water partition coefficient (Wildman–Crippen LogP) is 7.08. The molecule has 180 valence electrons. The number of nitrogens with one attached hydrogen (secondary N) is 1. The molecule has 2 amide bonds. The number of urea groups is 1. The third kappa shape index (κ3) is 4.40. The number of rotatable bonds is 4. The van der Waals surface area contributed by atoms with Gasteiger partial charge < -0.3 is 5.32 Å². The monoisotopic (exact) mass is 473 g/mol. The average molecular weight is 474 g/mol. The van der Waals surface area contributed by atoms with Crippen LogP contribution in [0.15, 0.2) is 115 Å². The Morgan fingerprint density at radius 1 is 0.750 bits per heavy atom. The number of nitrogens with zero attached hydrogens (tertiary/aromatic N) is 2. The standard InChI is InChI=1S/C32H31N3O/c36-32(33-25-14-6-2-7-15-25)35(26-16-8-3-9-17-26)27-20-21-34-23-30(24-12-4-1-5-13-24)28-18-10-11-19-29(28)31(34)22-27/h1-19,27,30-31H,20-23H2,(H,33,36)/t27-,30-,31-/m1/s1. The van der Waals surface area contributed by atoms with Crippen LogP contribution in [0.3, 0.4) is 0 Å². The van der Waals surface area contributed by atoms with Crippen molar-refractivity contribution in [3.8, 4) is 0 Å². The van der Waals surface area contributed by atoms with Gasteiger partial charge in [-0.1, -0.05) is 91.0 Å². The second kappa shape index (κ2) is 10.00. The van der Waals surface area contributed by atoms with E-state index >= 15 is 0 Å². The lowest BCUT2D eigenvalue weighted by molar-refractivity contribution is 0.117. The summed E-state index contributed by atoms with van der Waals surface area (Å²) in [7, 11) is 0. The number of carbonyl (C=O) groups is 1. The first kappa shape index (κ1) is 22.6. The van der Waals surface area contributed by atoms with Crippen molar-refractivity contribution in [2.45, 2.75) is 30.8 Å². The van der Waals surface area contributed by atoms with Crippen LogP contribution in [-0.2, 0) is 0 Å². The summed E-state index contributed by atoms with van der Waals surface area (Å²) in [6, 6.07) is 39.9. The molecular weight excluding hydrogens is 442 g/mol. The van der Waals surface area contributed by atoms with E-state index in [2.05, 4.69) is 64.8 Å². The van der Waals surface area contributed by atoms with Crippen molar-refractivity contribution in [1.29, 1.82) is 0 Å². The van der Waals surface area contributed by atoms with Gasteiger partial charge in [-0.3, -0.25) is 9.80 Å². The van der Waals surface area contributed by atoms with E-state index in [1.165, 1.54) is 16.7 Å². The maximum atomic E-state index is 13.7. The zero-order chi connectivity index (χ0) is 24.3. The average Bonchev–Trinajstić information content (AvgIpc) is 2.94. The van der Waals surface area contributed by atoms with Gasteiger partial charge in [0.05, 0.1) is 0 Å². The number of fused-ring (bicyclic) bond motifs is 3. The summed E-state index contributed by atoms with van der Waals surface area (Å²) in [5.41, 5.74) is 5.95. The molecule has 3 atom stereocenters. The lowest BCUT2D eigenvalue weighted by atomic mass is 9.77. The third-order valence-electron chi connectivity index (χ3n) is 7.68. The molecule has 0 saturated carbocycles. The van der Waals surface area contributed by atoms with E-state index in [0.717, 1.165) is 37.3 Å². The van der Waals surface area contributed by atoms with Crippen molar-refractivity contribution in [2.24, 2.45) is 0 Å². The highest BCUT2D eigenvalue weighted by molar-refractivity contribution is 6.02. The van der Waals surface area contributed by atoms with Gasteiger partial charge in [0.25, 0.3) is 0 Å². The molecule has 1 saturated heterocycles. The SMILES string of the molecule is O=C(Nc1ccccc1)N(c1ccccc1)[C@@H]1CCN2C[C@H](c3ccccc3)c3ccccc3[C@H]2C1. The fourth-order valence-electron chi connectivity index (χ4n) is 5.99. The Kier molecular flexibility index (Phi) is 6.27. The summed E-state index contributed by atoms with van der Waals surface area (Å²) < 4.78 is 0. The lowest BCUT2D eigenvalue weighted by Gasteiger charge is -2.48. The van der Waals surface area contributed by atoms with E-state index in [-0.39, 0.29) is 12.1 Å². The summed E-state index contributed by atoms with van der Waals surface area (Å²) in [4.78, 5) is 18.3. The van der Waals surface area contributed by atoms with Gasteiger partial charge in [-0.2, -0.15) is 0 Å². The van der Waals surface area contributed by atoms with Gasteiger partial charge in [-0.15, -0.1) is 0 Å². The molecule has 0 aliphatic carbocycles. The largest absolute Gasteiger partial charge is 0.326 e. The van der Waals surface area contributed by atoms with Gasteiger partial charge in [0.2, 0.25) is 0 Å². The van der Waals surface area contributed by atoms with Crippen molar-refractivity contribution in [3.05, 3.63) is 132 Å². The predicted molar refractivity (Wildman–Crippen MR) is 146 cm³/mol. The molecule has 6 rings (SSSR count). The van der Waals surface area contributed by atoms with Gasteiger partial charge >= 0.3 is 6.03 Å². The number of carbonyl (C=O) groups excluding carboxylic acids is 1. The highest BCUT2D eigenvalue weighted by atomic mass is 16.2. The summed E-state index contributed by atoms with van der Waals surface area (Å²) >= 11 is 0. The molecule has 0 aromatic heterocycles. The van der Waals surface area contributed by atoms with Crippen LogP contribution in [0.25, 0.3) is 0 Å². The molecule has 36 heavy (non-hydrogen) atoms. The normalized spacial score (nSPS) is 21.2. The van der Waals surface area contributed by atoms with Crippen LogP contribution in [0, 0.1) is 0 Å². The Morgan fingerprint density at radius 3 is 2.08 bits per heavy atom. The highest BCUT2D eigenvalue weighted by Gasteiger charge is 2.40. The molecule has 4 heteroatoms. The molecule has 1 fully saturated rings. The Labute approximate surface area is 213 Å². The van der Waals surface area contributed by atoms with Crippen molar-refractivity contribution in [3.63, 3.8) is 0 Å². The number of hydrogen-bond acceptors (Lipinski definition) is 2. The van der Waals surface area contributed by atoms with E-state index in [1.54, 1.807) is 0 Å². The van der Waals surface area contributed by atoms with Crippen LogP contribution in [0.1, 0.15) is 41.5 Å². The first-order chi connectivity index (χ1) is 17.8. The van der Waals surface area contributed by atoms with Crippen molar-refractivity contribution < 1.29 is 4.79 Å². The Bertz CT molecular complexity index is 1310. The van der Waals surface area contributed by atoms with Crippen molar-refractivity contribution >= 4 is 17.4 Å². The van der Waals surface area contributed by atoms with E-state index in [1.807, 2.05) is 65.6 Å². The number of benzene rings is 4. The van der Waals surface area contributed by atoms with E-state index < -0.39 is 0 Å². The van der Waals surface area contributed by atoms with Crippen LogP contribution in [0.5, 0.6) is 0 Å². The molecule has 4 aromatic rings. The van der Waals surface area contributed by atoms with Gasteiger partial charge in [-0.25, -0.2) is 4.79 Å². The van der Waals surface area contributed by atoms with Crippen LogP contribution in [-0.4, -0.2) is 30.1 Å². The Balaban J connectivity index is 1.32. The summed E-state index contributed by atoms with van der Waals surface area (Å²) in [6.45, 7) is 1.98. The van der Waals surface area contributed by atoms with Crippen LogP contribution < -0.4 is 10.2 Å². The molecule has 0 bridgehead atoms. The first-order valence-corrected chi connectivity index (χ1v) is 12.9. The molecule has 2 aliphatic rings. The zero-order valence-electron chi connectivity index (χ0n) is 20.3. The Morgan fingerprint density at radius 2 is 1.36 bits per heavy atom. The maximum absolute atomic E-state index is 13.7. The van der Waals surface area contributed by atoms with E-state index in [9.17, 15) is 4.79 Å². The number of para-hydroxylation sites is 2. The molecule has 4 nitrogen and oxygen atoms in total. The van der Waals surface area contributed by atoms with Gasteiger partial charge in [-0.05, 0) is 53.8 Å². The maximum Gasteiger partial charge on any atom is 0.326 e. The molecule has 0 radical (unpaired) electrons. The summed E-state index contributed by atoms with van der Waals surface area (Å²) in [5.74, 6) is 0.377. The topological polar surface area (TPSA) is 35.6 Å². The first-order valence-electron chi connectivity index (χ1n) is 12.9. The summed E-state index contributed by atoms with van der Waals surface area (Å²) in [6.07, 6.45) is 1.85. The highest BCUT2D eigenvalue weighted by Crippen LogP contribution is 2.44. The lowest BCUT2D eigenvalue weighted by Crippen LogP contribution is -2.52. The fourth-order valence-corrected chi connectivity index (χ4v) is 5.99. The number of piperidine rings is 1. The Hall–Kier alpha value is -3.89. The molecule has 2 aliphatic heterocycles. The second-order valence-corrected chi connectivity index (χ2v) is 9.78. The molecular formula is C32H31N3O. The van der Waals surface area contributed by atoms with E-state index in [0.29, 0.717) is 12.0 Å². The number of anilines is 2. The molecule has 4 aromatic carbocycles. The third-order valence-corrected chi connectivity index (χ3v) is 7.68.